The molecule has 0 bridgehead atoms. The van der Waals surface area contributed by atoms with E-state index in [1.807, 2.05) is 0 Å². The minimum atomic E-state index is -3.04. The highest BCUT2D eigenvalue weighted by atomic mass is 79.9. The highest BCUT2D eigenvalue weighted by molar-refractivity contribution is 9.09. The molecule has 0 amide bonds. The van der Waals surface area contributed by atoms with E-state index < -0.39 is 10.0 Å². The van der Waals surface area contributed by atoms with Gasteiger partial charge in [-0.2, -0.15) is 0 Å². The molecule has 112 valence electrons. The Morgan fingerprint density at radius 3 is 2.84 bits per heavy atom. The van der Waals surface area contributed by atoms with Crippen LogP contribution in [-0.2, 0) is 14.8 Å². The third kappa shape index (κ3) is 4.39. The van der Waals surface area contributed by atoms with Crippen molar-refractivity contribution in [2.75, 3.05) is 51.0 Å². The van der Waals surface area contributed by atoms with Gasteiger partial charge in [-0.15, -0.1) is 0 Å². The van der Waals surface area contributed by atoms with E-state index in [0.717, 1.165) is 44.5 Å². The molecule has 7 heteroatoms. The van der Waals surface area contributed by atoms with E-state index in [2.05, 4.69) is 20.8 Å². The molecule has 0 saturated carbocycles. The lowest BCUT2D eigenvalue weighted by Crippen LogP contribution is -2.51. The lowest BCUT2D eigenvalue weighted by Gasteiger charge is -2.39. The van der Waals surface area contributed by atoms with E-state index in [9.17, 15) is 8.42 Å². The van der Waals surface area contributed by atoms with Crippen molar-refractivity contribution in [2.45, 2.75) is 18.9 Å². The van der Waals surface area contributed by atoms with Crippen LogP contribution in [0.15, 0.2) is 0 Å². The van der Waals surface area contributed by atoms with Gasteiger partial charge in [0.25, 0.3) is 0 Å². The summed E-state index contributed by atoms with van der Waals surface area (Å²) in [6.07, 6.45) is 3.41. The second kappa shape index (κ2) is 6.85. The molecule has 0 N–H and O–H groups in total. The van der Waals surface area contributed by atoms with Gasteiger partial charge >= 0.3 is 0 Å². The Hall–Kier alpha value is 0.310. The lowest BCUT2D eigenvalue weighted by molar-refractivity contribution is -0.00836. The Morgan fingerprint density at radius 2 is 2.16 bits per heavy atom. The third-order valence-electron chi connectivity index (χ3n) is 3.97. The molecule has 5 nitrogen and oxygen atoms in total. The van der Waals surface area contributed by atoms with Gasteiger partial charge in [0.1, 0.15) is 0 Å². The van der Waals surface area contributed by atoms with Gasteiger partial charge in [0, 0.05) is 37.6 Å². The molecule has 2 fully saturated rings. The number of hydrogen-bond donors (Lipinski definition) is 0. The number of morpholine rings is 1. The smallest absolute Gasteiger partial charge is 0.211 e. The fourth-order valence-electron chi connectivity index (χ4n) is 2.88. The minimum Gasteiger partial charge on any atom is -0.378 e. The average Bonchev–Trinajstić information content (AvgIpc) is 2.39. The third-order valence-corrected chi connectivity index (χ3v) is 5.99. The van der Waals surface area contributed by atoms with E-state index in [-0.39, 0.29) is 0 Å². The summed E-state index contributed by atoms with van der Waals surface area (Å²) < 4.78 is 30.4. The van der Waals surface area contributed by atoms with Crippen LogP contribution in [0.2, 0.25) is 0 Å². The summed E-state index contributed by atoms with van der Waals surface area (Å²) in [5.41, 5.74) is 0. The molecular weight excluding hydrogens is 332 g/mol. The summed E-state index contributed by atoms with van der Waals surface area (Å²) in [5, 5.41) is 0.912. The number of nitrogens with zero attached hydrogens (tertiary/aromatic N) is 2. The number of hydrogen-bond acceptors (Lipinski definition) is 4. The first-order valence-corrected chi connectivity index (χ1v) is 9.80. The number of halogens is 1. The van der Waals surface area contributed by atoms with Gasteiger partial charge in [0.05, 0.1) is 19.5 Å². The van der Waals surface area contributed by atoms with Crippen molar-refractivity contribution in [3.05, 3.63) is 0 Å². The summed E-state index contributed by atoms with van der Waals surface area (Å²) in [6.45, 7) is 4.84. The largest absolute Gasteiger partial charge is 0.378 e. The van der Waals surface area contributed by atoms with Crippen molar-refractivity contribution in [1.29, 1.82) is 0 Å². The van der Waals surface area contributed by atoms with Gasteiger partial charge in [-0.05, 0) is 18.8 Å². The Labute approximate surface area is 124 Å². The molecule has 2 aliphatic heterocycles. The molecule has 2 saturated heterocycles. The second-order valence-electron chi connectivity index (χ2n) is 5.51. The first-order chi connectivity index (χ1) is 9.00. The monoisotopic (exact) mass is 354 g/mol. The van der Waals surface area contributed by atoms with Gasteiger partial charge in [-0.3, -0.25) is 4.90 Å². The molecule has 0 aromatic rings. The standard InChI is InChI=1S/C12H23BrN2O3S/c1-19(16,17)15-4-2-3-11(9-15)8-14-5-6-18-10-12(14)7-13/h11-12H,2-10H2,1H3. The maximum Gasteiger partial charge on any atom is 0.211 e. The molecule has 0 spiro atoms. The van der Waals surface area contributed by atoms with Crippen LogP contribution in [0.4, 0.5) is 0 Å². The SMILES string of the molecule is CS(=O)(=O)N1CCCC(CN2CCOCC2CBr)C1. The van der Waals surface area contributed by atoms with Crippen LogP contribution < -0.4 is 0 Å². The number of sulfonamides is 1. The van der Waals surface area contributed by atoms with Gasteiger partial charge in [0.15, 0.2) is 0 Å². The summed E-state index contributed by atoms with van der Waals surface area (Å²) in [4.78, 5) is 2.44. The minimum absolute atomic E-state index is 0.419. The van der Waals surface area contributed by atoms with Crippen LogP contribution in [0.25, 0.3) is 0 Å². The van der Waals surface area contributed by atoms with Crippen LogP contribution in [0, 0.1) is 5.92 Å². The Bertz CT molecular complexity index is 390. The molecule has 0 radical (unpaired) electrons. The quantitative estimate of drug-likeness (QED) is 0.699. The second-order valence-corrected chi connectivity index (χ2v) is 8.14. The van der Waals surface area contributed by atoms with Crippen LogP contribution in [0.5, 0.6) is 0 Å². The van der Waals surface area contributed by atoms with Crippen LogP contribution in [-0.4, -0.2) is 74.6 Å². The summed E-state index contributed by atoms with van der Waals surface area (Å²) in [5.74, 6) is 0.447. The number of ether oxygens (including phenoxy) is 1. The molecule has 2 unspecified atom stereocenters. The summed E-state index contributed by atoms with van der Waals surface area (Å²) in [6, 6.07) is 0.419. The van der Waals surface area contributed by atoms with Crippen LogP contribution in [0.3, 0.4) is 0 Å². The van der Waals surface area contributed by atoms with E-state index in [4.69, 9.17) is 4.74 Å². The van der Waals surface area contributed by atoms with Crippen molar-refractivity contribution >= 4 is 26.0 Å². The van der Waals surface area contributed by atoms with E-state index in [1.165, 1.54) is 6.26 Å². The van der Waals surface area contributed by atoms with E-state index >= 15 is 0 Å². The molecule has 0 aromatic heterocycles. The Morgan fingerprint density at radius 1 is 1.37 bits per heavy atom. The number of rotatable bonds is 4. The van der Waals surface area contributed by atoms with E-state index in [0.29, 0.717) is 25.0 Å². The zero-order valence-electron chi connectivity index (χ0n) is 11.4. The van der Waals surface area contributed by atoms with Crippen molar-refractivity contribution < 1.29 is 13.2 Å². The summed E-state index contributed by atoms with van der Waals surface area (Å²) in [7, 11) is -3.04. The molecule has 2 rings (SSSR count). The Balaban J connectivity index is 1.91. The molecule has 2 heterocycles. The highest BCUT2D eigenvalue weighted by Gasteiger charge is 2.30. The lowest BCUT2D eigenvalue weighted by atomic mass is 9.98. The van der Waals surface area contributed by atoms with Crippen molar-refractivity contribution in [3.8, 4) is 0 Å². The van der Waals surface area contributed by atoms with Crippen LogP contribution >= 0.6 is 15.9 Å². The van der Waals surface area contributed by atoms with Crippen molar-refractivity contribution in [3.63, 3.8) is 0 Å². The molecule has 2 aliphatic rings. The zero-order valence-corrected chi connectivity index (χ0v) is 13.8. The number of alkyl halides is 1. The van der Waals surface area contributed by atoms with E-state index in [1.54, 1.807) is 4.31 Å². The summed E-state index contributed by atoms with van der Waals surface area (Å²) >= 11 is 3.53. The van der Waals surface area contributed by atoms with Crippen molar-refractivity contribution in [1.82, 2.24) is 9.21 Å². The van der Waals surface area contributed by atoms with Gasteiger partial charge in [0.2, 0.25) is 10.0 Å². The predicted octanol–water partition coefficient (Wildman–Crippen LogP) is 0.754. The molecule has 2 atom stereocenters. The van der Waals surface area contributed by atoms with Gasteiger partial charge in [-0.25, -0.2) is 12.7 Å². The fourth-order valence-corrected chi connectivity index (χ4v) is 4.42. The normalized spacial score (nSPS) is 31.5. The molecular formula is C12H23BrN2O3S. The molecule has 19 heavy (non-hydrogen) atoms. The first kappa shape index (κ1) is 15.7. The van der Waals surface area contributed by atoms with Gasteiger partial charge < -0.3 is 4.74 Å². The maximum atomic E-state index is 11.6. The average molecular weight is 355 g/mol. The van der Waals surface area contributed by atoms with Gasteiger partial charge in [-0.1, -0.05) is 15.9 Å². The molecule has 0 aliphatic carbocycles. The van der Waals surface area contributed by atoms with Crippen molar-refractivity contribution in [2.24, 2.45) is 5.92 Å². The molecule has 0 aromatic carbocycles. The topological polar surface area (TPSA) is 49.9 Å². The number of piperidine rings is 1. The van der Waals surface area contributed by atoms with Crippen LogP contribution in [0.1, 0.15) is 12.8 Å². The first-order valence-electron chi connectivity index (χ1n) is 6.83. The maximum absolute atomic E-state index is 11.6. The Kier molecular flexibility index (Phi) is 5.65. The predicted molar refractivity (Wildman–Crippen MR) is 79.1 cm³/mol. The zero-order chi connectivity index (χ0) is 13.9. The fraction of sp³-hybridized carbons (Fsp3) is 1.00. The highest BCUT2D eigenvalue weighted by Crippen LogP contribution is 2.21.